The van der Waals surface area contributed by atoms with Crippen molar-refractivity contribution >= 4 is 11.5 Å². The van der Waals surface area contributed by atoms with Crippen LogP contribution in [-0.4, -0.2) is 18.5 Å². The van der Waals surface area contributed by atoms with Gasteiger partial charge in [-0.3, -0.25) is 9.79 Å². The molecule has 22 heavy (non-hydrogen) atoms. The molecule has 0 N–H and O–H groups in total. The van der Waals surface area contributed by atoms with E-state index >= 15 is 0 Å². The van der Waals surface area contributed by atoms with Gasteiger partial charge in [0.25, 0.3) is 0 Å². The molecule has 4 rings (SSSR count). The van der Waals surface area contributed by atoms with Crippen LogP contribution in [0.4, 0.5) is 0 Å². The lowest BCUT2D eigenvalue weighted by molar-refractivity contribution is -0.136. The van der Waals surface area contributed by atoms with E-state index in [1.807, 2.05) is 7.05 Å². The lowest BCUT2D eigenvalue weighted by Gasteiger charge is -2.59. The summed E-state index contributed by atoms with van der Waals surface area (Å²) in [5.41, 5.74) is 2.01. The second kappa shape index (κ2) is 4.92. The summed E-state index contributed by atoms with van der Waals surface area (Å²) in [5, 5.41) is 0. The Bertz CT molecular complexity index is 524. The topological polar surface area (TPSA) is 29.4 Å². The van der Waals surface area contributed by atoms with E-state index in [2.05, 4.69) is 18.8 Å². The fourth-order valence-electron chi connectivity index (χ4n) is 7.03. The molecule has 0 heterocycles. The van der Waals surface area contributed by atoms with Crippen LogP contribution in [0.3, 0.4) is 0 Å². The summed E-state index contributed by atoms with van der Waals surface area (Å²) in [7, 11) is 1.97. The van der Waals surface area contributed by atoms with Crippen molar-refractivity contribution in [3.63, 3.8) is 0 Å². The molecule has 0 spiro atoms. The van der Waals surface area contributed by atoms with Gasteiger partial charge >= 0.3 is 0 Å². The first-order chi connectivity index (χ1) is 10.5. The molecular weight excluding hydrogens is 270 g/mol. The highest BCUT2D eigenvalue weighted by atomic mass is 16.1. The summed E-state index contributed by atoms with van der Waals surface area (Å²) < 4.78 is 0. The molecule has 4 fully saturated rings. The summed E-state index contributed by atoms with van der Waals surface area (Å²) in [6, 6.07) is 0. The van der Waals surface area contributed by atoms with Crippen LogP contribution < -0.4 is 0 Å². The predicted molar refractivity (Wildman–Crippen MR) is 90.1 cm³/mol. The van der Waals surface area contributed by atoms with Gasteiger partial charge in [-0.2, -0.15) is 0 Å². The molecule has 4 unspecified atom stereocenters. The average molecular weight is 301 g/mol. The number of nitrogens with zero attached hydrogens (tertiary/aromatic N) is 1. The number of Topliss-reactive ketones (excluding diaryl/α,β-unsaturated/α-hetero) is 1. The van der Waals surface area contributed by atoms with Gasteiger partial charge in [-0.1, -0.05) is 13.8 Å². The highest BCUT2D eigenvalue weighted by Gasteiger charge is 2.59. The summed E-state index contributed by atoms with van der Waals surface area (Å²) in [6.07, 6.45) is 11.0. The number of carbonyl (C=O) groups excluding carboxylic acids is 1. The Balaban J connectivity index is 1.63. The third kappa shape index (κ3) is 1.85. The molecule has 0 bridgehead atoms. The Hall–Kier alpha value is -0.660. The van der Waals surface area contributed by atoms with Crippen molar-refractivity contribution < 1.29 is 4.79 Å². The SMILES string of the molecule is CN=C1CC[C@@]2(C)C(CCC3C2CC[C@]2(C)C(=O)CCC32)C1. The lowest BCUT2D eigenvalue weighted by Crippen LogP contribution is -2.53. The molecule has 0 saturated heterocycles. The van der Waals surface area contributed by atoms with E-state index in [0.717, 1.165) is 30.6 Å². The molecule has 2 heteroatoms. The number of hydrogen-bond acceptors (Lipinski definition) is 2. The Morgan fingerprint density at radius 1 is 1.00 bits per heavy atom. The number of hydrogen-bond donors (Lipinski definition) is 0. The van der Waals surface area contributed by atoms with Crippen molar-refractivity contribution in [1.82, 2.24) is 0 Å². The van der Waals surface area contributed by atoms with Crippen molar-refractivity contribution in [2.24, 2.45) is 39.5 Å². The predicted octanol–water partition coefficient (Wildman–Crippen LogP) is 4.67. The van der Waals surface area contributed by atoms with Crippen molar-refractivity contribution in [1.29, 1.82) is 0 Å². The van der Waals surface area contributed by atoms with Gasteiger partial charge in [0, 0.05) is 24.6 Å². The monoisotopic (exact) mass is 301 g/mol. The van der Waals surface area contributed by atoms with Gasteiger partial charge in [-0.05, 0) is 80.5 Å². The average Bonchev–Trinajstić information content (AvgIpc) is 2.82. The van der Waals surface area contributed by atoms with Crippen molar-refractivity contribution in [3.8, 4) is 0 Å². The third-order valence-electron chi connectivity index (χ3n) is 8.52. The van der Waals surface area contributed by atoms with Crippen LogP contribution in [0, 0.1) is 34.5 Å². The van der Waals surface area contributed by atoms with Gasteiger partial charge in [0.05, 0.1) is 0 Å². The van der Waals surface area contributed by atoms with E-state index in [4.69, 9.17) is 0 Å². The van der Waals surface area contributed by atoms with E-state index in [1.165, 1.54) is 50.7 Å². The lowest BCUT2D eigenvalue weighted by atomic mass is 9.45. The van der Waals surface area contributed by atoms with Crippen molar-refractivity contribution in [3.05, 3.63) is 0 Å². The van der Waals surface area contributed by atoms with Gasteiger partial charge in [0.1, 0.15) is 5.78 Å². The van der Waals surface area contributed by atoms with E-state index in [-0.39, 0.29) is 5.41 Å². The quantitative estimate of drug-likeness (QED) is 0.639. The molecule has 0 aromatic rings. The zero-order valence-electron chi connectivity index (χ0n) is 14.5. The molecular formula is C20H31NO. The minimum atomic E-state index is 0.0368. The third-order valence-corrected chi connectivity index (χ3v) is 8.52. The molecule has 122 valence electrons. The van der Waals surface area contributed by atoms with Crippen LogP contribution in [0.1, 0.15) is 71.6 Å². The van der Waals surface area contributed by atoms with Gasteiger partial charge in [0.2, 0.25) is 0 Å². The van der Waals surface area contributed by atoms with E-state index < -0.39 is 0 Å². The first kappa shape index (κ1) is 14.9. The molecule has 0 aliphatic heterocycles. The smallest absolute Gasteiger partial charge is 0.139 e. The Kier molecular flexibility index (Phi) is 3.33. The minimum absolute atomic E-state index is 0.0368. The van der Waals surface area contributed by atoms with Crippen LogP contribution in [0.5, 0.6) is 0 Å². The van der Waals surface area contributed by atoms with E-state index in [0.29, 0.717) is 17.1 Å². The standard InChI is InChI=1S/C20H31NO/c1-19-10-8-14(21-3)12-13(19)4-5-15-16-6-7-18(22)20(16,2)11-9-17(15)19/h13,15-17H,4-12H2,1-3H3/t13?,15?,16?,17?,19-,20-/m0/s1. The fourth-order valence-corrected chi connectivity index (χ4v) is 7.03. The maximum atomic E-state index is 12.4. The zero-order chi connectivity index (χ0) is 15.5. The number of rotatable bonds is 0. The second-order valence-corrected chi connectivity index (χ2v) is 9.07. The summed E-state index contributed by atoms with van der Waals surface area (Å²) in [4.78, 5) is 17.0. The second-order valence-electron chi connectivity index (χ2n) is 9.07. The molecule has 0 amide bonds. The molecule has 0 aromatic heterocycles. The Labute approximate surface area is 135 Å². The number of carbonyl (C=O) groups is 1. The van der Waals surface area contributed by atoms with Crippen LogP contribution in [0.2, 0.25) is 0 Å². The normalized spacial score (nSPS) is 53.0. The van der Waals surface area contributed by atoms with Gasteiger partial charge in [-0.15, -0.1) is 0 Å². The van der Waals surface area contributed by atoms with Crippen molar-refractivity contribution in [2.45, 2.75) is 71.6 Å². The molecule has 4 aliphatic rings. The summed E-state index contributed by atoms with van der Waals surface area (Å²) in [5.74, 6) is 3.81. The van der Waals surface area contributed by atoms with Crippen molar-refractivity contribution in [2.75, 3.05) is 7.05 Å². The largest absolute Gasteiger partial charge is 0.299 e. The van der Waals surface area contributed by atoms with E-state index in [1.54, 1.807) is 0 Å². The Morgan fingerprint density at radius 2 is 1.82 bits per heavy atom. The maximum Gasteiger partial charge on any atom is 0.139 e. The van der Waals surface area contributed by atoms with Crippen LogP contribution >= 0.6 is 0 Å². The van der Waals surface area contributed by atoms with Gasteiger partial charge in [0.15, 0.2) is 0 Å². The van der Waals surface area contributed by atoms with Gasteiger partial charge in [-0.25, -0.2) is 0 Å². The number of aliphatic imine (C=N–C) groups is 1. The van der Waals surface area contributed by atoms with Crippen LogP contribution in [0.15, 0.2) is 4.99 Å². The Morgan fingerprint density at radius 3 is 2.59 bits per heavy atom. The molecule has 0 radical (unpaired) electrons. The highest BCUT2D eigenvalue weighted by molar-refractivity contribution is 5.87. The van der Waals surface area contributed by atoms with Crippen LogP contribution in [0.25, 0.3) is 0 Å². The van der Waals surface area contributed by atoms with Gasteiger partial charge < -0.3 is 0 Å². The summed E-state index contributed by atoms with van der Waals surface area (Å²) in [6.45, 7) is 4.88. The van der Waals surface area contributed by atoms with Crippen LogP contribution in [-0.2, 0) is 4.79 Å². The van der Waals surface area contributed by atoms with E-state index in [9.17, 15) is 4.79 Å². The molecule has 0 aromatic carbocycles. The fraction of sp³-hybridized carbons (Fsp3) is 0.900. The molecule has 6 atom stereocenters. The minimum Gasteiger partial charge on any atom is -0.299 e. The number of fused-ring (bicyclic) bond motifs is 5. The highest BCUT2D eigenvalue weighted by Crippen LogP contribution is 2.65. The molecule has 4 aliphatic carbocycles. The maximum absolute atomic E-state index is 12.4. The molecule has 4 saturated carbocycles. The zero-order valence-corrected chi connectivity index (χ0v) is 14.5. The number of ketones is 1. The first-order valence-electron chi connectivity index (χ1n) is 9.47. The summed E-state index contributed by atoms with van der Waals surface area (Å²) >= 11 is 0. The first-order valence-corrected chi connectivity index (χ1v) is 9.47. The molecule has 2 nitrogen and oxygen atoms in total.